The summed E-state index contributed by atoms with van der Waals surface area (Å²) < 4.78 is 24.3. The molecule has 1 aliphatic rings. The van der Waals surface area contributed by atoms with Crippen molar-refractivity contribution >= 4 is 36.0 Å². The highest BCUT2D eigenvalue weighted by Crippen LogP contribution is 2.13. The third-order valence-corrected chi connectivity index (χ3v) is 5.26. The van der Waals surface area contributed by atoms with E-state index in [0.29, 0.717) is 44.3 Å². The highest BCUT2D eigenvalue weighted by atomic mass is 127. The Morgan fingerprint density at radius 2 is 2.09 bits per heavy atom. The molecule has 3 rings (SSSR count). The van der Waals surface area contributed by atoms with Crippen molar-refractivity contribution in [1.82, 2.24) is 15.5 Å². The van der Waals surface area contributed by atoms with Gasteiger partial charge in [0.05, 0.1) is 19.4 Å². The second kappa shape index (κ2) is 13.3. The number of piperidine rings is 1. The van der Waals surface area contributed by atoms with Crippen LogP contribution < -0.4 is 10.6 Å². The van der Waals surface area contributed by atoms with Gasteiger partial charge in [0, 0.05) is 32.1 Å². The Kier molecular flexibility index (Phi) is 10.8. The summed E-state index contributed by atoms with van der Waals surface area (Å²) in [6, 6.07) is 9.17. The molecule has 1 fully saturated rings. The van der Waals surface area contributed by atoms with Crippen molar-refractivity contribution in [2.75, 3.05) is 26.2 Å². The lowest BCUT2D eigenvalue weighted by Crippen LogP contribution is -2.50. The fourth-order valence-electron chi connectivity index (χ4n) is 3.43. The van der Waals surface area contributed by atoms with Crippen LogP contribution in [-0.2, 0) is 17.7 Å². The number of carbonyl (C=O) groups is 1. The third-order valence-electron chi connectivity index (χ3n) is 5.26. The second-order valence-corrected chi connectivity index (χ2v) is 7.61. The Labute approximate surface area is 205 Å². The molecular formula is C23H32FIN4O3. The number of nitrogens with one attached hydrogen (secondary N) is 2. The number of amides is 1. The fourth-order valence-corrected chi connectivity index (χ4v) is 3.43. The zero-order valence-corrected chi connectivity index (χ0v) is 20.9. The normalized spacial score (nSPS) is 14.6. The van der Waals surface area contributed by atoms with E-state index in [1.54, 1.807) is 24.2 Å². The molecule has 176 valence electrons. The van der Waals surface area contributed by atoms with Crippen LogP contribution in [0, 0.1) is 12.7 Å². The van der Waals surface area contributed by atoms with Gasteiger partial charge < -0.3 is 24.7 Å². The first-order chi connectivity index (χ1) is 15.0. The number of rotatable bonds is 7. The first-order valence-corrected chi connectivity index (χ1v) is 10.8. The van der Waals surface area contributed by atoms with Crippen LogP contribution in [0.1, 0.15) is 36.7 Å². The number of aryl methyl sites for hydroxylation is 1. The van der Waals surface area contributed by atoms with Crippen molar-refractivity contribution in [3.05, 3.63) is 59.3 Å². The topological polar surface area (TPSA) is 79.1 Å². The quantitative estimate of drug-likeness (QED) is 0.302. The second-order valence-electron chi connectivity index (χ2n) is 7.61. The van der Waals surface area contributed by atoms with E-state index in [2.05, 4.69) is 15.6 Å². The van der Waals surface area contributed by atoms with Gasteiger partial charge in [0.15, 0.2) is 5.96 Å². The van der Waals surface area contributed by atoms with E-state index >= 15 is 0 Å². The minimum absolute atomic E-state index is 0. The van der Waals surface area contributed by atoms with Crippen molar-refractivity contribution < 1.29 is 18.3 Å². The Balaban J connectivity index is 0.00000363. The molecule has 2 heterocycles. The van der Waals surface area contributed by atoms with Crippen LogP contribution >= 0.6 is 24.0 Å². The number of likely N-dealkylation sites (tertiary alicyclic amines) is 1. The van der Waals surface area contributed by atoms with Crippen LogP contribution in [0.4, 0.5) is 9.18 Å². The molecule has 0 bridgehead atoms. The van der Waals surface area contributed by atoms with Crippen molar-refractivity contribution in [3.63, 3.8) is 0 Å². The molecule has 1 aromatic carbocycles. The first kappa shape index (κ1) is 26.0. The smallest absolute Gasteiger partial charge is 0.409 e. The monoisotopic (exact) mass is 558 g/mol. The van der Waals surface area contributed by atoms with Crippen LogP contribution in [0.25, 0.3) is 0 Å². The number of nitrogens with zero attached hydrogens (tertiary/aromatic N) is 2. The number of benzene rings is 1. The van der Waals surface area contributed by atoms with Crippen molar-refractivity contribution in [2.45, 2.75) is 45.7 Å². The summed E-state index contributed by atoms with van der Waals surface area (Å²) in [5.74, 6) is 1.34. The molecule has 1 saturated heterocycles. The molecule has 0 radical (unpaired) electrons. The number of guanidine groups is 1. The van der Waals surface area contributed by atoms with E-state index in [9.17, 15) is 9.18 Å². The summed E-state index contributed by atoms with van der Waals surface area (Å²) in [6.45, 7) is 6.24. The molecule has 32 heavy (non-hydrogen) atoms. The van der Waals surface area contributed by atoms with Gasteiger partial charge in [-0.3, -0.25) is 0 Å². The van der Waals surface area contributed by atoms with Crippen molar-refractivity contribution in [2.24, 2.45) is 4.99 Å². The lowest BCUT2D eigenvalue weighted by atomic mass is 10.1. The van der Waals surface area contributed by atoms with Crippen LogP contribution in [0.2, 0.25) is 0 Å². The largest absolute Gasteiger partial charge is 0.469 e. The van der Waals surface area contributed by atoms with Crippen LogP contribution in [0.15, 0.2) is 46.0 Å². The lowest BCUT2D eigenvalue weighted by Gasteiger charge is -2.32. The minimum atomic E-state index is -0.257. The van der Waals surface area contributed by atoms with Gasteiger partial charge in [0.1, 0.15) is 11.6 Å². The summed E-state index contributed by atoms with van der Waals surface area (Å²) >= 11 is 0. The zero-order chi connectivity index (χ0) is 22.1. The Bertz CT molecular complexity index is 868. The number of furan rings is 1. The number of aliphatic imine (C=N–C) groups is 1. The van der Waals surface area contributed by atoms with Crippen LogP contribution in [0.3, 0.4) is 0 Å². The molecule has 0 aliphatic carbocycles. The van der Waals surface area contributed by atoms with Crippen LogP contribution in [-0.4, -0.2) is 49.2 Å². The standard InChI is InChI=1S/C23H31FN4O3.HI/c1-3-30-23(29)28-12-9-19(10-13-28)27-22(25-11-8-20-5-4-14-31-20)26-16-18-7-6-17(2)21(24)15-18;/h4-7,14-15,19H,3,8-13,16H2,1-2H3,(H2,25,26,27);1H. The number of halogens is 2. The van der Waals surface area contributed by atoms with E-state index in [1.165, 1.54) is 6.07 Å². The maximum absolute atomic E-state index is 13.9. The van der Waals surface area contributed by atoms with Gasteiger partial charge in [0.2, 0.25) is 0 Å². The molecule has 0 atom stereocenters. The van der Waals surface area contributed by atoms with E-state index < -0.39 is 0 Å². The molecule has 0 spiro atoms. The fraction of sp³-hybridized carbons (Fsp3) is 0.478. The minimum Gasteiger partial charge on any atom is -0.469 e. The average Bonchev–Trinajstić information content (AvgIpc) is 3.28. The van der Waals surface area contributed by atoms with Gasteiger partial charge in [-0.1, -0.05) is 12.1 Å². The van der Waals surface area contributed by atoms with Gasteiger partial charge in [-0.2, -0.15) is 0 Å². The molecule has 1 aliphatic heterocycles. The summed E-state index contributed by atoms with van der Waals surface area (Å²) in [4.78, 5) is 18.3. The highest BCUT2D eigenvalue weighted by molar-refractivity contribution is 14.0. The molecule has 2 N–H and O–H groups in total. The SMILES string of the molecule is CCOC(=O)N1CCC(NC(=NCc2ccc(C)c(F)c2)NCCc2ccco2)CC1.I. The van der Waals surface area contributed by atoms with Crippen molar-refractivity contribution in [3.8, 4) is 0 Å². The van der Waals surface area contributed by atoms with Gasteiger partial charge in [-0.25, -0.2) is 14.2 Å². The van der Waals surface area contributed by atoms with Gasteiger partial charge in [0.25, 0.3) is 0 Å². The molecule has 7 nitrogen and oxygen atoms in total. The van der Waals surface area contributed by atoms with E-state index in [4.69, 9.17) is 9.15 Å². The molecular weight excluding hydrogens is 526 g/mol. The molecule has 9 heteroatoms. The predicted octanol–water partition coefficient (Wildman–Crippen LogP) is 4.24. The number of ether oxygens (including phenoxy) is 1. The van der Waals surface area contributed by atoms with Gasteiger partial charge in [-0.05, 0) is 56.0 Å². The third kappa shape index (κ3) is 7.99. The molecule has 0 unspecified atom stereocenters. The molecule has 2 aromatic rings. The highest BCUT2D eigenvalue weighted by Gasteiger charge is 2.24. The summed E-state index contributed by atoms with van der Waals surface area (Å²) in [5.41, 5.74) is 1.43. The lowest BCUT2D eigenvalue weighted by molar-refractivity contribution is 0.0963. The van der Waals surface area contributed by atoms with Gasteiger partial charge >= 0.3 is 6.09 Å². The Morgan fingerprint density at radius 1 is 1.31 bits per heavy atom. The predicted molar refractivity (Wildman–Crippen MR) is 133 cm³/mol. The maximum Gasteiger partial charge on any atom is 0.409 e. The Hall–Kier alpha value is -2.30. The summed E-state index contributed by atoms with van der Waals surface area (Å²) in [7, 11) is 0. The summed E-state index contributed by atoms with van der Waals surface area (Å²) in [5, 5.41) is 6.80. The first-order valence-electron chi connectivity index (χ1n) is 10.8. The van der Waals surface area contributed by atoms with Gasteiger partial charge in [-0.15, -0.1) is 24.0 Å². The molecule has 1 amide bonds. The number of hydrogen-bond acceptors (Lipinski definition) is 4. The Morgan fingerprint density at radius 3 is 2.75 bits per heavy atom. The molecule has 0 saturated carbocycles. The number of carbonyl (C=O) groups excluding carboxylic acids is 1. The summed E-state index contributed by atoms with van der Waals surface area (Å²) in [6.07, 6.45) is 3.74. The number of hydrogen-bond donors (Lipinski definition) is 2. The van der Waals surface area contributed by atoms with Crippen molar-refractivity contribution in [1.29, 1.82) is 0 Å². The zero-order valence-electron chi connectivity index (χ0n) is 18.6. The van der Waals surface area contributed by atoms with E-state index in [0.717, 1.165) is 30.6 Å². The van der Waals surface area contributed by atoms with E-state index in [-0.39, 0.29) is 41.9 Å². The average molecular weight is 558 g/mol. The van der Waals surface area contributed by atoms with Crippen LogP contribution in [0.5, 0.6) is 0 Å². The maximum atomic E-state index is 13.9. The molecule has 1 aromatic heterocycles. The van der Waals surface area contributed by atoms with E-state index in [1.807, 2.05) is 25.1 Å².